The molecule has 0 fully saturated rings. The van der Waals surface area contributed by atoms with E-state index in [0.29, 0.717) is 11.4 Å². The van der Waals surface area contributed by atoms with E-state index >= 15 is 0 Å². The van der Waals surface area contributed by atoms with Gasteiger partial charge in [-0.05, 0) is 47.2 Å². The van der Waals surface area contributed by atoms with Crippen LogP contribution in [0.4, 0.5) is 5.69 Å². The van der Waals surface area contributed by atoms with E-state index < -0.39 is 10.1 Å². The van der Waals surface area contributed by atoms with Crippen LogP contribution in [0.25, 0.3) is 10.8 Å². The van der Waals surface area contributed by atoms with Crippen LogP contribution >= 0.6 is 0 Å². The molecule has 3 rings (SSSR count). The molecule has 0 unspecified atom stereocenters. The molecule has 2 N–H and O–H groups in total. The number of hydrogen-bond donors (Lipinski definition) is 1. The summed E-state index contributed by atoms with van der Waals surface area (Å²) < 4.78 is 35.1. The minimum Gasteiger partial charge on any atom is -0.497 e. The molecule has 0 aliphatic rings. The molecular weight excluding hydrogens is 314 g/mol. The topological polar surface area (TPSA) is 78.6 Å². The Bertz CT molecular complexity index is 967. The monoisotopic (exact) mass is 329 g/mol. The summed E-state index contributed by atoms with van der Waals surface area (Å²) in [4.78, 5) is 0.0811. The van der Waals surface area contributed by atoms with Crippen LogP contribution in [0.3, 0.4) is 0 Å². The Labute approximate surface area is 134 Å². The molecule has 0 saturated carbocycles. The summed E-state index contributed by atoms with van der Waals surface area (Å²) in [5.41, 5.74) is 6.35. The third-order valence-electron chi connectivity index (χ3n) is 3.37. The summed E-state index contributed by atoms with van der Waals surface area (Å²) in [6.45, 7) is 0. The quantitative estimate of drug-likeness (QED) is 0.587. The number of benzene rings is 3. The van der Waals surface area contributed by atoms with Crippen molar-refractivity contribution in [1.82, 2.24) is 0 Å². The molecule has 5 nitrogen and oxygen atoms in total. The van der Waals surface area contributed by atoms with Crippen molar-refractivity contribution in [3.63, 3.8) is 0 Å². The van der Waals surface area contributed by atoms with Gasteiger partial charge in [-0.25, -0.2) is 0 Å². The molecule has 0 spiro atoms. The zero-order valence-corrected chi connectivity index (χ0v) is 13.2. The molecule has 0 aromatic heterocycles. The van der Waals surface area contributed by atoms with Gasteiger partial charge in [-0.1, -0.05) is 18.2 Å². The average molecular weight is 329 g/mol. The first-order valence-electron chi connectivity index (χ1n) is 6.86. The van der Waals surface area contributed by atoms with Gasteiger partial charge in [0.05, 0.1) is 7.11 Å². The molecule has 0 aliphatic carbocycles. The van der Waals surface area contributed by atoms with Crippen LogP contribution in [0.2, 0.25) is 0 Å². The van der Waals surface area contributed by atoms with Crippen molar-refractivity contribution in [3.8, 4) is 11.5 Å². The van der Waals surface area contributed by atoms with Crippen molar-refractivity contribution in [2.75, 3.05) is 12.8 Å². The lowest BCUT2D eigenvalue weighted by Crippen LogP contribution is -2.09. The van der Waals surface area contributed by atoms with Crippen LogP contribution < -0.4 is 14.7 Å². The average Bonchev–Trinajstić information content (AvgIpc) is 2.54. The molecule has 3 aromatic rings. The largest absolute Gasteiger partial charge is 0.497 e. The van der Waals surface area contributed by atoms with Gasteiger partial charge in [-0.3, -0.25) is 0 Å². The summed E-state index contributed by atoms with van der Waals surface area (Å²) in [7, 11) is -2.42. The Morgan fingerprint density at radius 2 is 1.57 bits per heavy atom. The zero-order valence-electron chi connectivity index (χ0n) is 12.4. The zero-order chi connectivity index (χ0) is 16.4. The Balaban J connectivity index is 1.97. The number of nitrogens with two attached hydrogens (primary N) is 1. The fourth-order valence-corrected chi connectivity index (χ4v) is 3.18. The number of methoxy groups -OCH3 is 1. The van der Waals surface area contributed by atoms with E-state index in [4.69, 9.17) is 14.7 Å². The van der Waals surface area contributed by atoms with E-state index in [1.165, 1.54) is 19.2 Å². The van der Waals surface area contributed by atoms with Crippen LogP contribution in [0.5, 0.6) is 11.5 Å². The second-order valence-electron chi connectivity index (χ2n) is 4.98. The van der Waals surface area contributed by atoms with Crippen LogP contribution in [0.1, 0.15) is 0 Å². The molecule has 23 heavy (non-hydrogen) atoms. The first-order valence-corrected chi connectivity index (χ1v) is 8.26. The molecule has 0 atom stereocenters. The Hall–Kier alpha value is -2.73. The smallest absolute Gasteiger partial charge is 0.339 e. The Kier molecular flexibility index (Phi) is 3.83. The van der Waals surface area contributed by atoms with Crippen LogP contribution in [0.15, 0.2) is 65.6 Å². The minimum absolute atomic E-state index is 0.0811. The lowest BCUT2D eigenvalue weighted by atomic mass is 10.1. The predicted octanol–water partition coefficient (Wildman–Crippen LogP) is 3.20. The van der Waals surface area contributed by atoms with Crippen molar-refractivity contribution in [2.45, 2.75) is 4.90 Å². The van der Waals surface area contributed by atoms with E-state index in [0.717, 1.165) is 10.8 Å². The third-order valence-corrected chi connectivity index (χ3v) is 4.61. The molecular formula is C17H15NO4S. The van der Waals surface area contributed by atoms with E-state index in [2.05, 4.69) is 0 Å². The van der Waals surface area contributed by atoms with E-state index in [1.54, 1.807) is 48.5 Å². The first kappa shape index (κ1) is 15.2. The maximum atomic E-state index is 12.4. The number of anilines is 1. The van der Waals surface area contributed by atoms with Gasteiger partial charge in [0, 0.05) is 11.8 Å². The maximum Gasteiger partial charge on any atom is 0.339 e. The van der Waals surface area contributed by atoms with Gasteiger partial charge in [-0.2, -0.15) is 8.42 Å². The molecule has 0 aliphatic heterocycles. The van der Waals surface area contributed by atoms with Crippen molar-refractivity contribution >= 4 is 26.6 Å². The Morgan fingerprint density at radius 3 is 2.35 bits per heavy atom. The fourth-order valence-electron chi connectivity index (χ4n) is 2.23. The highest BCUT2D eigenvalue weighted by Crippen LogP contribution is 2.25. The van der Waals surface area contributed by atoms with E-state index in [9.17, 15) is 8.42 Å². The van der Waals surface area contributed by atoms with Crippen molar-refractivity contribution in [2.24, 2.45) is 0 Å². The van der Waals surface area contributed by atoms with Gasteiger partial charge < -0.3 is 14.7 Å². The van der Waals surface area contributed by atoms with Gasteiger partial charge >= 0.3 is 10.1 Å². The molecule has 3 aromatic carbocycles. The molecule has 0 amide bonds. The molecule has 118 valence electrons. The predicted molar refractivity (Wildman–Crippen MR) is 89.2 cm³/mol. The summed E-state index contributed by atoms with van der Waals surface area (Å²) in [6, 6.07) is 16.5. The summed E-state index contributed by atoms with van der Waals surface area (Å²) >= 11 is 0. The van der Waals surface area contributed by atoms with Gasteiger partial charge in [-0.15, -0.1) is 0 Å². The molecule has 0 saturated heterocycles. The summed E-state index contributed by atoms with van der Waals surface area (Å²) in [5.74, 6) is 0.716. The van der Waals surface area contributed by atoms with Crippen molar-refractivity contribution in [1.29, 1.82) is 0 Å². The van der Waals surface area contributed by atoms with Gasteiger partial charge in [0.15, 0.2) is 0 Å². The minimum atomic E-state index is -3.93. The maximum absolute atomic E-state index is 12.4. The lowest BCUT2D eigenvalue weighted by molar-refractivity contribution is 0.411. The highest BCUT2D eigenvalue weighted by molar-refractivity contribution is 7.87. The fraction of sp³-hybridized carbons (Fsp3) is 0.0588. The van der Waals surface area contributed by atoms with E-state index in [-0.39, 0.29) is 10.6 Å². The highest BCUT2D eigenvalue weighted by atomic mass is 32.2. The number of nitrogen functional groups attached to an aromatic ring is 1. The number of hydrogen-bond acceptors (Lipinski definition) is 5. The van der Waals surface area contributed by atoms with Gasteiger partial charge in [0.1, 0.15) is 16.4 Å². The molecule has 0 bridgehead atoms. The van der Waals surface area contributed by atoms with Crippen molar-refractivity contribution in [3.05, 3.63) is 60.7 Å². The number of rotatable bonds is 4. The number of ether oxygens (including phenoxy) is 1. The number of fused-ring (bicyclic) bond motifs is 1. The Morgan fingerprint density at radius 1 is 0.870 bits per heavy atom. The highest BCUT2D eigenvalue weighted by Gasteiger charge is 2.17. The van der Waals surface area contributed by atoms with Crippen LogP contribution in [-0.4, -0.2) is 15.5 Å². The van der Waals surface area contributed by atoms with Gasteiger partial charge in [0.25, 0.3) is 0 Å². The normalized spacial score (nSPS) is 11.3. The summed E-state index contributed by atoms with van der Waals surface area (Å²) in [5, 5.41) is 1.64. The SMILES string of the molecule is COc1cccc(OS(=O)(=O)c2ccc3cc(N)ccc3c2)c1. The second-order valence-corrected chi connectivity index (χ2v) is 6.53. The molecule has 0 radical (unpaired) electrons. The van der Waals surface area contributed by atoms with Crippen LogP contribution in [-0.2, 0) is 10.1 Å². The second kappa shape index (κ2) is 5.81. The van der Waals surface area contributed by atoms with Crippen LogP contribution in [0, 0.1) is 0 Å². The lowest BCUT2D eigenvalue weighted by Gasteiger charge is -2.09. The van der Waals surface area contributed by atoms with Crippen molar-refractivity contribution < 1.29 is 17.3 Å². The third kappa shape index (κ3) is 3.22. The molecule has 6 heteroatoms. The molecule has 0 heterocycles. The summed E-state index contributed by atoms with van der Waals surface area (Å²) in [6.07, 6.45) is 0. The first-order chi connectivity index (χ1) is 11.0. The van der Waals surface area contributed by atoms with Gasteiger partial charge in [0.2, 0.25) is 0 Å². The van der Waals surface area contributed by atoms with E-state index in [1.807, 2.05) is 0 Å². The standard InChI is InChI=1S/C17H15NO4S/c1-21-15-3-2-4-16(11-15)22-23(19,20)17-8-6-12-9-14(18)7-5-13(12)10-17/h2-11H,18H2,1H3.